The molecule has 0 aliphatic heterocycles. The van der Waals surface area contributed by atoms with Crippen molar-refractivity contribution < 1.29 is 38.4 Å². The predicted molar refractivity (Wildman–Crippen MR) is 131 cm³/mol. The maximum atomic E-state index is 11.7. The number of carbonyl (C=O) groups is 2. The molecule has 1 rings (SSSR count). The van der Waals surface area contributed by atoms with Gasteiger partial charge in [-0.3, -0.25) is 4.68 Å². The summed E-state index contributed by atoms with van der Waals surface area (Å²) in [6.07, 6.45) is 4.76. The van der Waals surface area contributed by atoms with Gasteiger partial charge in [-0.05, 0) is 32.6 Å². The summed E-state index contributed by atoms with van der Waals surface area (Å²) in [7, 11) is 0. The van der Waals surface area contributed by atoms with E-state index in [-0.39, 0.29) is 0 Å². The lowest BCUT2D eigenvalue weighted by Gasteiger charge is -2.13. The summed E-state index contributed by atoms with van der Waals surface area (Å²) in [6, 6.07) is -1.33. The number of amides is 2. The number of aliphatic carboxylic acids is 1. The first-order chi connectivity index (χ1) is 17.6. The molecule has 13 heteroatoms. The van der Waals surface area contributed by atoms with Crippen LogP contribution in [0.1, 0.15) is 45.2 Å². The van der Waals surface area contributed by atoms with E-state index in [1.54, 1.807) is 11.6 Å². The first kappa shape index (κ1) is 31.7. The summed E-state index contributed by atoms with van der Waals surface area (Å²) in [5.41, 5.74) is 0.755. The van der Waals surface area contributed by atoms with E-state index in [9.17, 15) is 9.59 Å². The summed E-state index contributed by atoms with van der Waals surface area (Å²) >= 11 is 0. The topological polar surface area (TPSA) is 155 Å². The number of carbonyl (C=O) groups excluding carboxylic acids is 1. The number of aryl methyl sites for hydroxylation is 1. The number of ether oxygens (including phenoxy) is 5. The summed E-state index contributed by atoms with van der Waals surface area (Å²) in [6.45, 7) is 10.1. The van der Waals surface area contributed by atoms with Crippen molar-refractivity contribution in [2.75, 3.05) is 66.0 Å². The minimum absolute atomic E-state index is 0.337. The number of hydrogen-bond acceptors (Lipinski definition) is 9. The molecule has 0 saturated carbocycles. The Morgan fingerprint density at radius 3 is 2.11 bits per heavy atom. The van der Waals surface area contributed by atoms with E-state index in [0.29, 0.717) is 79.0 Å². The molecule has 2 amide bonds. The number of rotatable bonds is 24. The molecule has 0 radical (unpaired) electrons. The number of nitrogens with one attached hydrogen (secondary N) is 2. The van der Waals surface area contributed by atoms with Gasteiger partial charge in [-0.25, -0.2) is 9.59 Å². The van der Waals surface area contributed by atoms with Crippen LogP contribution in [0.25, 0.3) is 0 Å². The molecule has 0 aromatic carbocycles. The van der Waals surface area contributed by atoms with E-state index >= 15 is 0 Å². The van der Waals surface area contributed by atoms with Crippen molar-refractivity contribution in [3.63, 3.8) is 0 Å². The van der Waals surface area contributed by atoms with Gasteiger partial charge >= 0.3 is 12.0 Å². The largest absolute Gasteiger partial charge is 0.480 e. The van der Waals surface area contributed by atoms with Crippen LogP contribution < -0.4 is 10.6 Å². The molecule has 1 atom stereocenters. The number of hydrogen-bond donors (Lipinski definition) is 3. The van der Waals surface area contributed by atoms with Crippen molar-refractivity contribution in [2.45, 2.75) is 58.7 Å². The average Bonchev–Trinajstić information content (AvgIpc) is 3.32. The van der Waals surface area contributed by atoms with Crippen LogP contribution in [0.5, 0.6) is 0 Å². The van der Waals surface area contributed by atoms with Crippen LogP contribution >= 0.6 is 0 Å². The molecule has 3 N–H and O–H groups in total. The third kappa shape index (κ3) is 17.2. The highest BCUT2D eigenvalue weighted by molar-refractivity contribution is 5.82. The molecule has 0 saturated heterocycles. The lowest BCUT2D eigenvalue weighted by molar-refractivity contribution is -0.139. The minimum Gasteiger partial charge on any atom is -0.480 e. The molecule has 1 aromatic rings. The molecule has 208 valence electrons. The third-order valence-corrected chi connectivity index (χ3v) is 4.89. The first-order valence-electron chi connectivity index (χ1n) is 12.6. The molecule has 1 heterocycles. The quantitative estimate of drug-likeness (QED) is 0.170. The van der Waals surface area contributed by atoms with Crippen LogP contribution in [0, 0.1) is 0 Å². The molecule has 36 heavy (non-hydrogen) atoms. The highest BCUT2D eigenvalue weighted by Gasteiger charge is 2.16. The first-order valence-corrected chi connectivity index (χ1v) is 12.6. The summed E-state index contributed by atoms with van der Waals surface area (Å²) in [4.78, 5) is 22.6. The van der Waals surface area contributed by atoms with Crippen LogP contribution in [-0.4, -0.2) is 104 Å². The molecule has 0 unspecified atom stereocenters. The van der Waals surface area contributed by atoms with Crippen LogP contribution in [0.2, 0.25) is 0 Å². The van der Waals surface area contributed by atoms with Gasteiger partial charge in [-0.15, -0.1) is 5.10 Å². The maximum absolute atomic E-state index is 11.7. The Morgan fingerprint density at radius 1 is 0.917 bits per heavy atom. The molecular weight excluding hydrogens is 474 g/mol. The van der Waals surface area contributed by atoms with Crippen molar-refractivity contribution in [3.05, 3.63) is 11.9 Å². The van der Waals surface area contributed by atoms with Crippen molar-refractivity contribution in [1.29, 1.82) is 0 Å². The Labute approximate surface area is 213 Å². The van der Waals surface area contributed by atoms with E-state index in [1.807, 2.05) is 13.1 Å². The fourth-order valence-corrected chi connectivity index (χ4v) is 2.94. The second kappa shape index (κ2) is 21.9. The second-order valence-electron chi connectivity index (χ2n) is 7.82. The summed E-state index contributed by atoms with van der Waals surface area (Å²) in [5, 5.41) is 22.2. The van der Waals surface area contributed by atoms with E-state index in [4.69, 9.17) is 28.8 Å². The van der Waals surface area contributed by atoms with Gasteiger partial charge in [0.1, 0.15) is 11.7 Å². The monoisotopic (exact) mass is 517 g/mol. The van der Waals surface area contributed by atoms with Gasteiger partial charge in [0.05, 0.1) is 65.7 Å². The molecular formula is C23H43N5O8. The SMILES string of the molecule is CCOCCOCCOCCOCCOCc1cn(CCCCCNC(=O)N[C@H](CC)C(=O)O)nn1. The molecule has 0 spiro atoms. The van der Waals surface area contributed by atoms with Crippen molar-refractivity contribution in [1.82, 2.24) is 25.6 Å². The van der Waals surface area contributed by atoms with Gasteiger partial charge in [0.2, 0.25) is 0 Å². The average molecular weight is 518 g/mol. The van der Waals surface area contributed by atoms with Crippen molar-refractivity contribution >= 4 is 12.0 Å². The van der Waals surface area contributed by atoms with Crippen LogP contribution in [-0.2, 0) is 41.6 Å². The lowest BCUT2D eigenvalue weighted by atomic mass is 10.2. The van der Waals surface area contributed by atoms with E-state index in [2.05, 4.69) is 20.9 Å². The van der Waals surface area contributed by atoms with Gasteiger partial charge in [0.15, 0.2) is 0 Å². The van der Waals surface area contributed by atoms with Gasteiger partial charge < -0.3 is 39.4 Å². The Balaban J connectivity index is 1.92. The Morgan fingerprint density at radius 2 is 1.53 bits per heavy atom. The van der Waals surface area contributed by atoms with Crippen LogP contribution in [0.4, 0.5) is 4.79 Å². The number of carboxylic acids is 1. The highest BCUT2D eigenvalue weighted by Crippen LogP contribution is 2.01. The smallest absolute Gasteiger partial charge is 0.326 e. The number of nitrogens with zero attached hydrogens (tertiary/aromatic N) is 3. The highest BCUT2D eigenvalue weighted by atomic mass is 16.6. The van der Waals surface area contributed by atoms with E-state index in [1.165, 1.54) is 0 Å². The standard InChI is InChI=1S/C23H43N5O8/c1-3-21(22(29)30)25-23(31)24-8-6-5-7-9-28-18-20(26-27-28)19-36-17-16-35-15-14-34-13-12-33-11-10-32-4-2/h18,21H,3-17,19H2,1-2H3,(H,29,30)(H2,24,25,31)/t21-/m1/s1. The normalized spacial score (nSPS) is 11.9. The minimum atomic E-state index is -1.04. The van der Waals surface area contributed by atoms with Gasteiger partial charge in [0.25, 0.3) is 0 Å². The van der Waals surface area contributed by atoms with Gasteiger partial charge in [0, 0.05) is 19.7 Å². The Kier molecular flexibility index (Phi) is 19.3. The number of carboxylic acid groups (broad SMARTS) is 1. The molecule has 13 nitrogen and oxygen atoms in total. The Bertz CT molecular complexity index is 691. The van der Waals surface area contributed by atoms with Crippen LogP contribution in [0.15, 0.2) is 6.20 Å². The maximum Gasteiger partial charge on any atom is 0.326 e. The fourth-order valence-electron chi connectivity index (χ4n) is 2.94. The number of aromatic nitrogens is 3. The number of urea groups is 1. The van der Waals surface area contributed by atoms with Crippen molar-refractivity contribution in [2.24, 2.45) is 0 Å². The molecule has 0 fully saturated rings. The zero-order valence-electron chi connectivity index (χ0n) is 21.6. The molecule has 1 aromatic heterocycles. The van der Waals surface area contributed by atoms with Crippen LogP contribution in [0.3, 0.4) is 0 Å². The zero-order chi connectivity index (χ0) is 26.3. The third-order valence-electron chi connectivity index (χ3n) is 4.89. The lowest BCUT2D eigenvalue weighted by Crippen LogP contribution is -2.45. The second-order valence-corrected chi connectivity index (χ2v) is 7.82. The summed E-state index contributed by atoms with van der Waals surface area (Å²) < 4.78 is 28.7. The van der Waals surface area contributed by atoms with E-state index < -0.39 is 18.0 Å². The molecule has 0 aliphatic carbocycles. The summed E-state index contributed by atoms with van der Waals surface area (Å²) in [5.74, 6) is -1.04. The van der Waals surface area contributed by atoms with E-state index in [0.717, 1.165) is 31.5 Å². The van der Waals surface area contributed by atoms with Gasteiger partial charge in [-0.2, -0.15) is 0 Å². The Hall–Kier alpha value is -2.32. The number of unbranched alkanes of at least 4 members (excludes halogenated alkanes) is 2. The predicted octanol–water partition coefficient (Wildman–Crippen LogP) is 1.21. The van der Waals surface area contributed by atoms with Gasteiger partial charge in [-0.1, -0.05) is 12.1 Å². The zero-order valence-corrected chi connectivity index (χ0v) is 21.6. The van der Waals surface area contributed by atoms with Crippen molar-refractivity contribution in [3.8, 4) is 0 Å². The fraction of sp³-hybridized carbons (Fsp3) is 0.826. The molecule has 0 bridgehead atoms. The molecule has 0 aliphatic rings.